The van der Waals surface area contributed by atoms with Crippen molar-refractivity contribution in [3.8, 4) is 0 Å². The van der Waals surface area contributed by atoms with Gasteiger partial charge < -0.3 is 21.4 Å². The van der Waals surface area contributed by atoms with Crippen LogP contribution in [0.3, 0.4) is 0 Å². The van der Waals surface area contributed by atoms with E-state index in [0.717, 1.165) is 0 Å². The van der Waals surface area contributed by atoms with Gasteiger partial charge in [0.05, 0.1) is 12.1 Å². The topological polar surface area (TPSA) is 102 Å². The number of pyridine rings is 1. The number of hydrogen-bond acceptors (Lipinski definition) is 5. The molecule has 0 amide bonds. The molecule has 0 aliphatic rings. The van der Waals surface area contributed by atoms with E-state index in [-0.39, 0.29) is 6.54 Å². The van der Waals surface area contributed by atoms with Gasteiger partial charge in [-0.2, -0.15) is 0 Å². The van der Waals surface area contributed by atoms with Gasteiger partial charge >= 0.3 is 0 Å². The van der Waals surface area contributed by atoms with E-state index in [1.807, 2.05) is 18.2 Å². The Balaban J connectivity index is 0.000000249. The minimum absolute atomic E-state index is 0.0277. The zero-order valence-corrected chi connectivity index (χ0v) is 7.78. The minimum atomic E-state index is -0.896. The monoisotopic (exact) mass is 197 g/mol. The van der Waals surface area contributed by atoms with Gasteiger partial charge in [-0.1, -0.05) is 6.07 Å². The molecule has 1 rings (SSSR count). The Kier molecular flexibility index (Phi) is 7.53. The lowest BCUT2D eigenvalue weighted by molar-refractivity contribution is -0.110. The third kappa shape index (κ3) is 6.24. The molecule has 0 spiro atoms. The van der Waals surface area contributed by atoms with Gasteiger partial charge in [-0.15, -0.1) is 0 Å². The Hall–Kier alpha value is -1.30. The molecule has 1 aromatic heterocycles. The van der Waals surface area contributed by atoms with Crippen LogP contribution in [0.15, 0.2) is 30.6 Å². The highest BCUT2D eigenvalue weighted by atomic mass is 16.3. The molecule has 2 unspecified atom stereocenters. The summed E-state index contributed by atoms with van der Waals surface area (Å²) < 4.78 is 0. The van der Waals surface area contributed by atoms with Crippen molar-refractivity contribution in [1.82, 2.24) is 4.98 Å². The molecular weight excluding hydrogens is 182 g/mol. The highest BCUT2D eigenvalue weighted by Gasteiger charge is 2.09. The van der Waals surface area contributed by atoms with Crippen molar-refractivity contribution in [2.45, 2.75) is 12.1 Å². The summed E-state index contributed by atoms with van der Waals surface area (Å²) in [6, 6.07) is 4.88. The molecule has 78 valence electrons. The van der Waals surface area contributed by atoms with E-state index < -0.39 is 12.1 Å². The number of aldehydes is 1. The van der Waals surface area contributed by atoms with Crippen molar-refractivity contribution in [3.63, 3.8) is 0 Å². The summed E-state index contributed by atoms with van der Waals surface area (Å²) in [6.07, 6.45) is 3.07. The van der Waals surface area contributed by atoms with Gasteiger partial charge in [-0.25, -0.2) is 0 Å². The van der Waals surface area contributed by atoms with E-state index in [1.54, 1.807) is 12.4 Å². The average molecular weight is 197 g/mol. The first kappa shape index (κ1) is 12.7. The molecule has 0 radical (unpaired) electrons. The van der Waals surface area contributed by atoms with Crippen molar-refractivity contribution >= 4 is 6.29 Å². The first-order valence-corrected chi connectivity index (χ1v) is 4.16. The quantitative estimate of drug-likeness (QED) is 0.534. The van der Waals surface area contributed by atoms with Gasteiger partial charge in [0.15, 0.2) is 0 Å². The van der Waals surface area contributed by atoms with Gasteiger partial charge in [-0.3, -0.25) is 4.98 Å². The number of aliphatic hydroxyl groups is 1. The van der Waals surface area contributed by atoms with E-state index in [1.165, 1.54) is 0 Å². The molecule has 5 heteroatoms. The minimum Gasteiger partial charge on any atom is -0.390 e. The number of hydrogen-bond donors (Lipinski definition) is 3. The van der Waals surface area contributed by atoms with Gasteiger partial charge in [0.2, 0.25) is 0 Å². The molecule has 1 heterocycles. The summed E-state index contributed by atoms with van der Waals surface area (Å²) in [5.74, 6) is 0. The van der Waals surface area contributed by atoms with Crippen LogP contribution in [-0.4, -0.2) is 35.1 Å². The fourth-order valence-electron chi connectivity index (χ4n) is 0.560. The van der Waals surface area contributed by atoms with Crippen LogP contribution in [0, 0.1) is 0 Å². The van der Waals surface area contributed by atoms with E-state index in [2.05, 4.69) is 4.98 Å². The number of nitrogens with two attached hydrogens (primary N) is 2. The smallest absolute Gasteiger partial charge is 0.139 e. The Labute approximate surface area is 82.8 Å². The van der Waals surface area contributed by atoms with Crippen molar-refractivity contribution in [1.29, 1.82) is 0 Å². The van der Waals surface area contributed by atoms with Crippen LogP contribution >= 0.6 is 0 Å². The molecule has 0 saturated heterocycles. The zero-order chi connectivity index (χ0) is 10.8. The Bertz CT molecular complexity index is 204. The first-order valence-electron chi connectivity index (χ1n) is 4.16. The van der Waals surface area contributed by atoms with Crippen molar-refractivity contribution in [3.05, 3.63) is 30.6 Å². The Morgan fingerprint density at radius 1 is 1.36 bits per heavy atom. The second kappa shape index (κ2) is 8.31. The molecule has 2 atom stereocenters. The number of rotatable bonds is 3. The second-order valence-corrected chi connectivity index (χ2v) is 2.54. The summed E-state index contributed by atoms with van der Waals surface area (Å²) in [7, 11) is 0. The van der Waals surface area contributed by atoms with Crippen molar-refractivity contribution in [2.75, 3.05) is 6.54 Å². The zero-order valence-electron chi connectivity index (χ0n) is 7.78. The maximum atomic E-state index is 9.76. The lowest BCUT2D eigenvalue weighted by Crippen LogP contribution is -2.40. The number of nitrogens with zero attached hydrogens (tertiary/aromatic N) is 1. The summed E-state index contributed by atoms with van der Waals surface area (Å²) in [6.45, 7) is 0.0277. The van der Waals surface area contributed by atoms with E-state index in [4.69, 9.17) is 16.6 Å². The second-order valence-electron chi connectivity index (χ2n) is 2.54. The largest absolute Gasteiger partial charge is 0.390 e. The highest BCUT2D eigenvalue weighted by molar-refractivity contribution is 5.58. The summed E-state index contributed by atoms with van der Waals surface area (Å²) in [5.41, 5.74) is 9.99. The van der Waals surface area contributed by atoms with Crippen molar-refractivity contribution in [2.24, 2.45) is 11.5 Å². The molecule has 5 N–H and O–H groups in total. The molecule has 1 aromatic rings. The van der Waals surface area contributed by atoms with Crippen LogP contribution in [0.25, 0.3) is 0 Å². The number of carbonyl (C=O) groups is 1. The highest BCUT2D eigenvalue weighted by Crippen LogP contribution is 1.80. The molecule has 0 saturated carbocycles. The van der Waals surface area contributed by atoms with Crippen LogP contribution in [-0.2, 0) is 4.79 Å². The normalized spacial score (nSPS) is 13.4. The van der Waals surface area contributed by atoms with Gasteiger partial charge in [0.25, 0.3) is 0 Å². The molecular formula is C9H15N3O2. The third-order valence-electron chi connectivity index (χ3n) is 1.41. The number of carbonyl (C=O) groups excluding carboxylic acids is 1. The van der Waals surface area contributed by atoms with E-state index >= 15 is 0 Å². The average Bonchev–Trinajstić information content (AvgIpc) is 2.30. The van der Waals surface area contributed by atoms with Crippen LogP contribution < -0.4 is 11.5 Å². The SMILES string of the molecule is NCC(O)C(N)C=O.c1ccncc1. The van der Waals surface area contributed by atoms with Gasteiger partial charge in [0.1, 0.15) is 6.29 Å². The molecule has 0 aliphatic heterocycles. The van der Waals surface area contributed by atoms with Crippen LogP contribution in [0.5, 0.6) is 0 Å². The summed E-state index contributed by atoms with van der Waals surface area (Å²) in [5, 5.41) is 8.65. The standard InChI is InChI=1S/C5H5N.C4H10N2O2/c1-2-4-6-5-3-1;5-1-4(8)3(6)2-7/h1-5H;2-4,8H,1,5-6H2. The lowest BCUT2D eigenvalue weighted by atomic mass is 10.2. The Morgan fingerprint density at radius 3 is 2.07 bits per heavy atom. The molecule has 14 heavy (non-hydrogen) atoms. The first-order chi connectivity index (χ1) is 6.72. The number of aromatic nitrogens is 1. The fourth-order valence-corrected chi connectivity index (χ4v) is 0.560. The fraction of sp³-hybridized carbons (Fsp3) is 0.333. The van der Waals surface area contributed by atoms with E-state index in [0.29, 0.717) is 6.29 Å². The lowest BCUT2D eigenvalue weighted by Gasteiger charge is -2.08. The maximum absolute atomic E-state index is 9.76. The van der Waals surface area contributed by atoms with Crippen LogP contribution in [0.2, 0.25) is 0 Å². The maximum Gasteiger partial charge on any atom is 0.139 e. The molecule has 0 bridgehead atoms. The van der Waals surface area contributed by atoms with Gasteiger partial charge in [-0.05, 0) is 12.1 Å². The van der Waals surface area contributed by atoms with Crippen LogP contribution in [0.4, 0.5) is 0 Å². The van der Waals surface area contributed by atoms with E-state index in [9.17, 15) is 4.79 Å². The van der Waals surface area contributed by atoms with Crippen molar-refractivity contribution < 1.29 is 9.90 Å². The van der Waals surface area contributed by atoms with Gasteiger partial charge in [0, 0.05) is 18.9 Å². The molecule has 0 aliphatic carbocycles. The Morgan fingerprint density at radius 2 is 1.93 bits per heavy atom. The summed E-state index contributed by atoms with van der Waals surface area (Å²) >= 11 is 0. The molecule has 0 aromatic carbocycles. The summed E-state index contributed by atoms with van der Waals surface area (Å²) in [4.78, 5) is 13.5. The predicted octanol–water partition coefficient (Wildman–Crippen LogP) is -1.09. The third-order valence-corrected chi connectivity index (χ3v) is 1.41. The number of aliphatic hydroxyl groups excluding tert-OH is 1. The predicted molar refractivity (Wildman–Crippen MR) is 53.3 cm³/mol. The molecule has 5 nitrogen and oxygen atoms in total. The van der Waals surface area contributed by atoms with Crippen LogP contribution in [0.1, 0.15) is 0 Å². The molecule has 0 fully saturated rings.